The molecule has 0 radical (unpaired) electrons. The molecule has 1 heterocycles. The van der Waals surface area contributed by atoms with Crippen molar-refractivity contribution in [2.24, 2.45) is 0 Å². The van der Waals surface area contributed by atoms with Crippen molar-refractivity contribution in [3.05, 3.63) is 29.8 Å². The maximum atomic E-state index is 12.4. The van der Waals surface area contributed by atoms with Crippen LogP contribution in [0.25, 0.3) is 0 Å². The van der Waals surface area contributed by atoms with Gasteiger partial charge in [-0.25, -0.2) is 0 Å². The van der Waals surface area contributed by atoms with Gasteiger partial charge in [0.25, 0.3) is 0 Å². The minimum atomic E-state index is -0.240. The van der Waals surface area contributed by atoms with Crippen molar-refractivity contribution in [2.75, 3.05) is 7.11 Å². The predicted molar refractivity (Wildman–Crippen MR) is 91.3 cm³/mol. The van der Waals surface area contributed by atoms with Gasteiger partial charge >= 0.3 is 0 Å². The van der Waals surface area contributed by atoms with Gasteiger partial charge < -0.3 is 14.7 Å². The molecule has 1 aromatic carbocycles. The average molecular weight is 319 g/mol. The molecule has 1 amide bonds. The summed E-state index contributed by atoms with van der Waals surface area (Å²) in [5.41, 5.74) is 1.10. The van der Waals surface area contributed by atoms with Crippen molar-refractivity contribution < 1.29 is 14.6 Å². The molecule has 0 aromatic heterocycles. The number of amides is 1. The highest BCUT2D eigenvalue weighted by Gasteiger charge is 2.28. The summed E-state index contributed by atoms with van der Waals surface area (Å²) in [6.07, 6.45) is 5.90. The molecule has 2 unspecified atom stereocenters. The molecular weight excluding hydrogens is 290 g/mol. The molecule has 0 saturated carbocycles. The van der Waals surface area contributed by atoms with Gasteiger partial charge in [0.05, 0.1) is 13.2 Å². The van der Waals surface area contributed by atoms with E-state index in [9.17, 15) is 9.90 Å². The van der Waals surface area contributed by atoms with Crippen LogP contribution in [0.3, 0.4) is 0 Å². The second kappa shape index (κ2) is 8.92. The van der Waals surface area contributed by atoms with Crippen molar-refractivity contribution in [1.29, 1.82) is 0 Å². The molecular formula is C19H29NO3. The maximum Gasteiger partial charge on any atom is 0.223 e. The zero-order chi connectivity index (χ0) is 16.7. The first-order valence-corrected chi connectivity index (χ1v) is 8.74. The number of carbonyl (C=O) groups is 1. The molecule has 0 aliphatic carbocycles. The van der Waals surface area contributed by atoms with Crippen LogP contribution < -0.4 is 4.74 Å². The fraction of sp³-hybridized carbons (Fsp3) is 0.632. The SMILES string of the molecule is CCCC(O)CCC1CCCC(=O)N1Cc1cccc(OC)c1. The summed E-state index contributed by atoms with van der Waals surface area (Å²) in [6.45, 7) is 2.72. The number of piperidine rings is 1. The van der Waals surface area contributed by atoms with Crippen LogP contribution in [-0.4, -0.2) is 35.2 Å². The van der Waals surface area contributed by atoms with Gasteiger partial charge in [-0.2, -0.15) is 0 Å². The Kier molecular flexibility index (Phi) is 6.90. The lowest BCUT2D eigenvalue weighted by molar-refractivity contribution is -0.137. The van der Waals surface area contributed by atoms with Crippen LogP contribution in [-0.2, 0) is 11.3 Å². The van der Waals surface area contributed by atoms with Crippen molar-refractivity contribution in [2.45, 2.75) is 70.6 Å². The van der Waals surface area contributed by atoms with E-state index in [1.54, 1.807) is 7.11 Å². The topological polar surface area (TPSA) is 49.8 Å². The Balaban J connectivity index is 2.00. The quantitative estimate of drug-likeness (QED) is 0.797. The second-order valence-corrected chi connectivity index (χ2v) is 6.44. The number of ether oxygens (including phenoxy) is 1. The molecule has 23 heavy (non-hydrogen) atoms. The fourth-order valence-corrected chi connectivity index (χ4v) is 3.34. The smallest absolute Gasteiger partial charge is 0.223 e. The Morgan fingerprint density at radius 1 is 1.39 bits per heavy atom. The first-order valence-electron chi connectivity index (χ1n) is 8.74. The predicted octanol–water partition coefficient (Wildman–Crippen LogP) is 3.52. The normalized spacial score (nSPS) is 19.7. The van der Waals surface area contributed by atoms with Gasteiger partial charge in [-0.05, 0) is 49.8 Å². The van der Waals surface area contributed by atoms with Gasteiger partial charge in [0.2, 0.25) is 5.91 Å². The summed E-state index contributed by atoms with van der Waals surface area (Å²) in [4.78, 5) is 14.4. The zero-order valence-electron chi connectivity index (χ0n) is 14.3. The molecule has 1 aromatic rings. The number of likely N-dealkylation sites (tertiary alicyclic amines) is 1. The van der Waals surface area contributed by atoms with E-state index in [-0.39, 0.29) is 18.1 Å². The number of hydrogen-bond acceptors (Lipinski definition) is 3. The number of benzene rings is 1. The summed E-state index contributed by atoms with van der Waals surface area (Å²) >= 11 is 0. The lowest BCUT2D eigenvalue weighted by Gasteiger charge is -2.36. The Hall–Kier alpha value is -1.55. The summed E-state index contributed by atoms with van der Waals surface area (Å²) in [6, 6.07) is 8.15. The van der Waals surface area contributed by atoms with E-state index in [2.05, 4.69) is 6.92 Å². The fourth-order valence-electron chi connectivity index (χ4n) is 3.34. The first kappa shape index (κ1) is 17.8. The molecule has 1 saturated heterocycles. The van der Waals surface area contributed by atoms with Crippen LogP contribution >= 0.6 is 0 Å². The number of aliphatic hydroxyl groups is 1. The number of carbonyl (C=O) groups excluding carboxylic acids is 1. The molecule has 4 nitrogen and oxygen atoms in total. The summed E-state index contributed by atoms with van der Waals surface area (Å²) in [5, 5.41) is 9.97. The van der Waals surface area contributed by atoms with Crippen molar-refractivity contribution in [1.82, 2.24) is 4.90 Å². The first-order chi connectivity index (χ1) is 11.1. The molecule has 0 spiro atoms. The van der Waals surface area contributed by atoms with Gasteiger partial charge in [0.1, 0.15) is 5.75 Å². The zero-order valence-corrected chi connectivity index (χ0v) is 14.3. The van der Waals surface area contributed by atoms with Crippen LogP contribution in [0.5, 0.6) is 5.75 Å². The van der Waals surface area contributed by atoms with Crippen molar-refractivity contribution in [3.8, 4) is 5.75 Å². The summed E-state index contributed by atoms with van der Waals surface area (Å²) in [7, 11) is 1.66. The Morgan fingerprint density at radius 3 is 2.96 bits per heavy atom. The van der Waals surface area contributed by atoms with E-state index in [0.29, 0.717) is 13.0 Å². The van der Waals surface area contributed by atoms with Gasteiger partial charge in [0.15, 0.2) is 0 Å². The molecule has 0 bridgehead atoms. The molecule has 1 fully saturated rings. The Morgan fingerprint density at radius 2 is 2.22 bits per heavy atom. The number of hydrogen-bond donors (Lipinski definition) is 1. The van der Waals surface area contributed by atoms with Crippen LogP contribution in [0.4, 0.5) is 0 Å². The molecule has 2 atom stereocenters. The second-order valence-electron chi connectivity index (χ2n) is 6.44. The monoisotopic (exact) mass is 319 g/mol. The number of rotatable bonds is 8. The van der Waals surface area contributed by atoms with Gasteiger partial charge in [-0.3, -0.25) is 4.79 Å². The van der Waals surface area contributed by atoms with Gasteiger partial charge in [-0.1, -0.05) is 25.5 Å². The molecule has 2 rings (SSSR count). The van der Waals surface area contributed by atoms with Gasteiger partial charge in [-0.15, -0.1) is 0 Å². The summed E-state index contributed by atoms with van der Waals surface area (Å²) in [5.74, 6) is 1.05. The van der Waals surface area contributed by atoms with Crippen molar-refractivity contribution >= 4 is 5.91 Å². The van der Waals surface area contributed by atoms with E-state index < -0.39 is 0 Å². The number of methoxy groups -OCH3 is 1. The maximum absolute atomic E-state index is 12.4. The number of nitrogens with zero attached hydrogens (tertiary/aromatic N) is 1. The van der Waals surface area contributed by atoms with Crippen LogP contribution in [0.15, 0.2) is 24.3 Å². The lowest BCUT2D eigenvalue weighted by Crippen LogP contribution is -2.43. The molecule has 1 aliphatic heterocycles. The van der Waals surface area contributed by atoms with E-state index >= 15 is 0 Å². The van der Waals surface area contributed by atoms with E-state index in [1.165, 1.54) is 0 Å². The molecule has 128 valence electrons. The Labute approximate surface area is 139 Å². The van der Waals surface area contributed by atoms with E-state index in [4.69, 9.17) is 4.74 Å². The standard InChI is InChI=1S/C19H29NO3/c1-3-6-17(21)12-11-16-8-5-10-19(22)20(16)14-15-7-4-9-18(13-15)23-2/h4,7,9,13,16-17,21H,3,5-6,8,10-12,14H2,1-2H3. The highest BCUT2D eigenvalue weighted by molar-refractivity contribution is 5.77. The lowest BCUT2D eigenvalue weighted by atomic mass is 9.94. The van der Waals surface area contributed by atoms with Crippen LogP contribution in [0.1, 0.15) is 57.4 Å². The van der Waals surface area contributed by atoms with Gasteiger partial charge in [0, 0.05) is 19.0 Å². The summed E-state index contributed by atoms with van der Waals surface area (Å²) < 4.78 is 5.27. The van der Waals surface area contributed by atoms with E-state index in [1.807, 2.05) is 29.2 Å². The third-order valence-corrected chi connectivity index (χ3v) is 4.63. The highest BCUT2D eigenvalue weighted by atomic mass is 16.5. The largest absolute Gasteiger partial charge is 0.497 e. The third-order valence-electron chi connectivity index (χ3n) is 4.63. The molecule has 1 aliphatic rings. The van der Waals surface area contributed by atoms with Crippen molar-refractivity contribution in [3.63, 3.8) is 0 Å². The molecule has 4 heteroatoms. The number of aliphatic hydroxyl groups excluding tert-OH is 1. The van der Waals surface area contributed by atoms with E-state index in [0.717, 1.165) is 49.8 Å². The minimum Gasteiger partial charge on any atom is -0.497 e. The average Bonchev–Trinajstić information content (AvgIpc) is 2.56. The minimum absolute atomic E-state index is 0.231. The molecule has 1 N–H and O–H groups in total. The third kappa shape index (κ3) is 5.24. The highest BCUT2D eigenvalue weighted by Crippen LogP contribution is 2.26. The Bertz CT molecular complexity index is 503. The van der Waals surface area contributed by atoms with Crippen LogP contribution in [0, 0.1) is 0 Å². The van der Waals surface area contributed by atoms with Crippen LogP contribution in [0.2, 0.25) is 0 Å².